The molecule has 0 aromatic heterocycles. The van der Waals surface area contributed by atoms with Gasteiger partial charge in [0.2, 0.25) is 0 Å². The number of carbonyl (C=O) groups excluding carboxylic acids is 1. The highest BCUT2D eigenvalue weighted by Gasteiger charge is 2.65. The average Bonchev–Trinajstić information content (AvgIpc) is 3.36. The van der Waals surface area contributed by atoms with Gasteiger partial charge in [0.25, 0.3) is 0 Å². The van der Waals surface area contributed by atoms with Crippen LogP contribution in [0.4, 0.5) is 0 Å². The van der Waals surface area contributed by atoms with Crippen molar-refractivity contribution in [3.05, 3.63) is 24.0 Å². The number of esters is 1. The van der Waals surface area contributed by atoms with Crippen LogP contribution in [0.5, 0.6) is 0 Å². The Hall–Kier alpha value is -1.53. The number of likely N-dealkylation sites (N-methyl/N-ethyl adjacent to an activating group) is 1. The standard InChI is InChI=1S/C33H55NO9/c1-12-25-31(8)17-23(14-19(4)38-13-2)33(42-31)18(3)16-32(9,43-33)28(21(6)26(35)22(7)29(37)40-25)41-30-27(36)24(34(10)11)15-20(5)39-30/h17-18,20-22,24-28,30,35-36H,4,12-16H2,1-3,5-11H3/t18?,20-,21+,22-,24+,25-,26+,27-,28-,30+,31?,32-,33?/m1/s1. The molecular weight excluding hydrogens is 554 g/mol. The minimum Gasteiger partial charge on any atom is -0.499 e. The topological polar surface area (TPSA) is 116 Å². The number of fused-ring (bicyclic) bond motifs is 2. The number of hydrogen-bond acceptors (Lipinski definition) is 10. The van der Waals surface area contributed by atoms with Crippen LogP contribution in [0.1, 0.15) is 81.1 Å². The van der Waals surface area contributed by atoms with E-state index in [4.69, 9.17) is 28.4 Å². The lowest BCUT2D eigenvalue weighted by Crippen LogP contribution is -2.59. The van der Waals surface area contributed by atoms with Gasteiger partial charge in [-0.05, 0) is 79.6 Å². The molecule has 3 unspecified atom stereocenters. The molecule has 4 heterocycles. The third kappa shape index (κ3) is 6.30. The monoisotopic (exact) mass is 609 g/mol. The maximum atomic E-state index is 13.5. The number of aliphatic hydroxyl groups excluding tert-OH is 2. The van der Waals surface area contributed by atoms with Crippen LogP contribution in [-0.2, 0) is 33.2 Å². The summed E-state index contributed by atoms with van der Waals surface area (Å²) in [6.07, 6.45) is -0.473. The lowest BCUT2D eigenvalue weighted by atomic mass is 9.78. The fraction of sp³-hybridized carbons (Fsp3) is 0.848. The summed E-state index contributed by atoms with van der Waals surface area (Å²) < 4.78 is 38.8. The van der Waals surface area contributed by atoms with Gasteiger partial charge in [-0.3, -0.25) is 4.79 Å². The molecule has 0 radical (unpaired) electrons. The van der Waals surface area contributed by atoms with Crippen LogP contribution in [0.25, 0.3) is 0 Å². The molecule has 0 aromatic rings. The Morgan fingerprint density at radius 3 is 2.40 bits per heavy atom. The molecule has 10 nitrogen and oxygen atoms in total. The van der Waals surface area contributed by atoms with Gasteiger partial charge in [0.1, 0.15) is 17.8 Å². The predicted molar refractivity (Wildman–Crippen MR) is 161 cm³/mol. The quantitative estimate of drug-likeness (QED) is 0.238. The number of ether oxygens (including phenoxy) is 6. The summed E-state index contributed by atoms with van der Waals surface area (Å²) >= 11 is 0. The summed E-state index contributed by atoms with van der Waals surface area (Å²) in [5.74, 6) is -2.68. The molecule has 0 saturated carbocycles. The number of carbonyl (C=O) groups is 1. The van der Waals surface area contributed by atoms with Gasteiger partial charge in [-0.15, -0.1) is 0 Å². The summed E-state index contributed by atoms with van der Waals surface area (Å²) in [4.78, 5) is 15.5. The van der Waals surface area contributed by atoms with Crippen molar-refractivity contribution in [3.8, 4) is 0 Å². The fourth-order valence-electron chi connectivity index (χ4n) is 7.83. The lowest BCUT2D eigenvalue weighted by Gasteiger charge is -2.47. The Labute approximate surface area is 257 Å². The zero-order chi connectivity index (χ0) is 32.1. The van der Waals surface area contributed by atoms with Gasteiger partial charge in [0.15, 0.2) is 12.1 Å². The van der Waals surface area contributed by atoms with E-state index < -0.39 is 65.5 Å². The van der Waals surface area contributed by atoms with E-state index in [9.17, 15) is 15.0 Å². The Balaban J connectivity index is 1.81. The number of aliphatic hydroxyl groups is 2. The molecule has 4 aliphatic heterocycles. The number of hydrogen-bond donors (Lipinski definition) is 2. The van der Waals surface area contributed by atoms with Crippen LogP contribution in [0.3, 0.4) is 0 Å². The van der Waals surface area contributed by atoms with E-state index in [1.54, 1.807) is 6.92 Å². The molecule has 3 saturated heterocycles. The molecule has 2 N–H and O–H groups in total. The summed E-state index contributed by atoms with van der Waals surface area (Å²) in [5, 5.41) is 23.0. The van der Waals surface area contributed by atoms with Gasteiger partial charge < -0.3 is 43.5 Å². The molecule has 0 aliphatic carbocycles. The van der Waals surface area contributed by atoms with E-state index in [-0.39, 0.29) is 18.1 Å². The van der Waals surface area contributed by atoms with E-state index in [2.05, 4.69) is 13.5 Å². The van der Waals surface area contributed by atoms with Crippen molar-refractivity contribution >= 4 is 5.97 Å². The Bertz CT molecular complexity index is 1060. The van der Waals surface area contributed by atoms with Gasteiger partial charge in [-0.25, -0.2) is 0 Å². The van der Waals surface area contributed by atoms with Crippen LogP contribution < -0.4 is 0 Å². The molecule has 4 rings (SSSR count). The average molecular weight is 610 g/mol. The summed E-state index contributed by atoms with van der Waals surface area (Å²) in [5.41, 5.74) is -1.12. The molecule has 3 bridgehead atoms. The minimum atomic E-state index is -1.17. The zero-order valence-electron chi connectivity index (χ0n) is 27.8. The van der Waals surface area contributed by atoms with E-state index in [0.29, 0.717) is 38.0 Å². The molecule has 246 valence electrons. The molecule has 4 aliphatic rings. The van der Waals surface area contributed by atoms with Crippen molar-refractivity contribution in [2.45, 2.75) is 141 Å². The smallest absolute Gasteiger partial charge is 0.311 e. The number of nitrogens with zero attached hydrogens (tertiary/aromatic N) is 1. The molecule has 13 atom stereocenters. The van der Waals surface area contributed by atoms with Crippen molar-refractivity contribution in [1.29, 1.82) is 0 Å². The maximum absolute atomic E-state index is 13.5. The highest BCUT2D eigenvalue weighted by Crippen LogP contribution is 2.57. The summed E-state index contributed by atoms with van der Waals surface area (Å²) in [6, 6.07) is -0.180. The first-order chi connectivity index (χ1) is 20.0. The summed E-state index contributed by atoms with van der Waals surface area (Å²) in [6.45, 7) is 19.9. The third-order valence-electron chi connectivity index (χ3n) is 10.1. The fourth-order valence-corrected chi connectivity index (χ4v) is 7.83. The number of allylic oxidation sites excluding steroid dienone is 1. The van der Waals surface area contributed by atoms with Gasteiger partial charge in [0.05, 0.1) is 42.2 Å². The molecule has 43 heavy (non-hydrogen) atoms. The van der Waals surface area contributed by atoms with Crippen molar-refractivity contribution in [2.75, 3.05) is 20.7 Å². The first kappa shape index (κ1) is 34.3. The van der Waals surface area contributed by atoms with Gasteiger partial charge in [-0.1, -0.05) is 27.4 Å². The predicted octanol–water partition coefficient (Wildman–Crippen LogP) is 3.93. The highest BCUT2D eigenvalue weighted by atomic mass is 16.8. The molecule has 0 aromatic carbocycles. The third-order valence-corrected chi connectivity index (χ3v) is 10.1. The zero-order valence-corrected chi connectivity index (χ0v) is 27.8. The summed E-state index contributed by atoms with van der Waals surface area (Å²) in [7, 11) is 3.85. The Morgan fingerprint density at radius 2 is 1.79 bits per heavy atom. The Kier molecular flexibility index (Phi) is 10.1. The maximum Gasteiger partial charge on any atom is 0.311 e. The lowest BCUT2D eigenvalue weighted by molar-refractivity contribution is -0.328. The van der Waals surface area contributed by atoms with E-state index in [0.717, 1.165) is 5.57 Å². The highest BCUT2D eigenvalue weighted by molar-refractivity contribution is 5.73. The molecule has 1 spiro atoms. The van der Waals surface area contributed by atoms with Gasteiger partial charge in [-0.2, -0.15) is 0 Å². The SMILES string of the molecule is C=C(CC1=CC2(C)OC13O[C@](C)(CC3C)[C@H](O[C@@H]1O[C@H](C)C[C@H](N(C)C)[C@H]1O)[C@@H](C)[C@H](O)[C@@H](C)C(=O)O[C@@H]2CC)OCC. The second kappa shape index (κ2) is 12.7. The van der Waals surface area contributed by atoms with E-state index >= 15 is 0 Å². The van der Waals surface area contributed by atoms with Crippen LogP contribution in [0.2, 0.25) is 0 Å². The van der Waals surface area contributed by atoms with Crippen LogP contribution in [-0.4, -0.2) is 102 Å². The molecule has 3 fully saturated rings. The number of rotatable bonds is 8. The number of cyclic esters (lactones) is 1. The van der Waals surface area contributed by atoms with Crippen molar-refractivity contribution in [3.63, 3.8) is 0 Å². The second-order valence-corrected chi connectivity index (χ2v) is 13.9. The first-order valence-corrected chi connectivity index (χ1v) is 16.0. The molecule has 10 heteroatoms. The van der Waals surface area contributed by atoms with Gasteiger partial charge >= 0.3 is 5.97 Å². The van der Waals surface area contributed by atoms with Crippen molar-refractivity contribution < 1.29 is 43.4 Å². The van der Waals surface area contributed by atoms with Crippen LogP contribution in [0.15, 0.2) is 24.0 Å². The van der Waals surface area contributed by atoms with Gasteiger partial charge in [0, 0.05) is 24.3 Å². The second-order valence-electron chi connectivity index (χ2n) is 13.9. The van der Waals surface area contributed by atoms with E-state index in [1.807, 2.05) is 66.6 Å². The van der Waals surface area contributed by atoms with E-state index in [1.165, 1.54) is 0 Å². The Morgan fingerprint density at radius 1 is 1.12 bits per heavy atom. The van der Waals surface area contributed by atoms with Crippen molar-refractivity contribution in [2.24, 2.45) is 17.8 Å². The molecule has 0 amide bonds. The first-order valence-electron chi connectivity index (χ1n) is 16.0. The van der Waals surface area contributed by atoms with Crippen LogP contribution >= 0.6 is 0 Å². The van der Waals surface area contributed by atoms with Crippen LogP contribution in [0, 0.1) is 17.8 Å². The largest absolute Gasteiger partial charge is 0.499 e. The minimum absolute atomic E-state index is 0.146. The van der Waals surface area contributed by atoms with Crippen molar-refractivity contribution in [1.82, 2.24) is 4.90 Å². The molecular formula is C33H55NO9. The normalized spacial score (nSPS) is 47.0.